The topological polar surface area (TPSA) is 58.6 Å². The Morgan fingerprint density at radius 3 is 2.33 bits per heavy atom. The van der Waals surface area contributed by atoms with Crippen LogP contribution in [0.1, 0.15) is 20.3 Å². The third-order valence-electron chi connectivity index (χ3n) is 1.99. The van der Waals surface area contributed by atoms with Crippen molar-refractivity contribution in [3.05, 3.63) is 0 Å². The van der Waals surface area contributed by atoms with Crippen molar-refractivity contribution in [1.29, 1.82) is 0 Å². The number of nitrogens with two attached hydrogens (primary N) is 1. The van der Waals surface area contributed by atoms with Crippen molar-refractivity contribution in [3.8, 4) is 0 Å². The molecule has 0 bridgehead atoms. The molecule has 0 aliphatic heterocycles. The maximum Gasteiger partial charge on any atom is 0.142 e. The summed E-state index contributed by atoms with van der Waals surface area (Å²) in [7, 11) is 0. The van der Waals surface area contributed by atoms with E-state index in [2.05, 4.69) is 19.0 Å². The number of oxime groups is 1. The fraction of sp³-hybridized carbons (Fsp3) is 0.833. The number of hydrogen-bond acceptors (Lipinski definition) is 2. The minimum Gasteiger partial charge on any atom is -0.409 e. The van der Waals surface area contributed by atoms with E-state index >= 15 is 0 Å². The lowest BCUT2D eigenvalue weighted by Crippen LogP contribution is -2.16. The largest absolute Gasteiger partial charge is 0.409 e. The first kappa shape index (κ1) is 6.39. The van der Waals surface area contributed by atoms with Gasteiger partial charge in [0.15, 0.2) is 0 Å². The molecule has 1 atom stereocenters. The van der Waals surface area contributed by atoms with E-state index in [-0.39, 0.29) is 5.41 Å². The fourth-order valence-corrected chi connectivity index (χ4v) is 1.04. The standard InChI is InChI=1S/C6H12N2O/c1-6(2)3-4(6)5(7)8-9/h4,9H,3H2,1-2H3,(H2,7,8)/t4-/m1/s1. The van der Waals surface area contributed by atoms with E-state index in [4.69, 9.17) is 10.9 Å². The first-order valence-electron chi connectivity index (χ1n) is 3.05. The van der Waals surface area contributed by atoms with Crippen LogP contribution in [0, 0.1) is 11.3 Å². The summed E-state index contributed by atoms with van der Waals surface area (Å²) in [5.74, 6) is 0.683. The third kappa shape index (κ3) is 0.992. The Labute approximate surface area is 54.5 Å². The first-order valence-corrected chi connectivity index (χ1v) is 3.05. The van der Waals surface area contributed by atoms with Crippen molar-refractivity contribution in [1.82, 2.24) is 0 Å². The smallest absolute Gasteiger partial charge is 0.142 e. The highest BCUT2D eigenvalue weighted by Gasteiger charge is 2.48. The lowest BCUT2D eigenvalue weighted by molar-refractivity contribution is 0.315. The zero-order chi connectivity index (χ0) is 7.07. The average molecular weight is 128 g/mol. The van der Waals surface area contributed by atoms with Crippen LogP contribution in [-0.2, 0) is 0 Å². The molecule has 0 aromatic carbocycles. The normalized spacial score (nSPS) is 32.2. The minimum atomic E-state index is 0.274. The highest BCUT2D eigenvalue weighted by atomic mass is 16.4. The summed E-state index contributed by atoms with van der Waals surface area (Å²) >= 11 is 0. The van der Waals surface area contributed by atoms with Crippen LogP contribution in [0.3, 0.4) is 0 Å². The van der Waals surface area contributed by atoms with Gasteiger partial charge in [-0.1, -0.05) is 19.0 Å². The second-order valence-electron chi connectivity index (χ2n) is 3.27. The Balaban J connectivity index is 2.52. The SMILES string of the molecule is CC1(C)C[C@@H]1/C(N)=N\O. The van der Waals surface area contributed by atoms with Crippen LogP contribution in [0.15, 0.2) is 5.16 Å². The fourth-order valence-electron chi connectivity index (χ4n) is 1.04. The number of amidine groups is 1. The maximum absolute atomic E-state index is 8.24. The molecule has 3 N–H and O–H groups in total. The summed E-state index contributed by atoms with van der Waals surface area (Å²) in [5.41, 5.74) is 5.63. The van der Waals surface area contributed by atoms with Crippen molar-refractivity contribution < 1.29 is 5.21 Å². The molecule has 1 aliphatic rings. The van der Waals surface area contributed by atoms with E-state index < -0.39 is 0 Å². The van der Waals surface area contributed by atoms with Crippen LogP contribution in [0.25, 0.3) is 0 Å². The van der Waals surface area contributed by atoms with E-state index in [1.54, 1.807) is 0 Å². The Bertz CT molecular complexity index is 151. The summed E-state index contributed by atoms with van der Waals surface area (Å²) in [4.78, 5) is 0. The first-order chi connectivity index (χ1) is 4.08. The van der Waals surface area contributed by atoms with Crippen LogP contribution in [0.4, 0.5) is 0 Å². The molecule has 9 heavy (non-hydrogen) atoms. The molecule has 3 nitrogen and oxygen atoms in total. The van der Waals surface area contributed by atoms with Crippen molar-refractivity contribution in [2.45, 2.75) is 20.3 Å². The quantitative estimate of drug-likeness (QED) is 0.237. The zero-order valence-corrected chi connectivity index (χ0v) is 5.76. The number of hydrogen-bond donors (Lipinski definition) is 2. The molecular weight excluding hydrogens is 116 g/mol. The molecule has 1 rings (SSSR count). The monoisotopic (exact) mass is 128 g/mol. The van der Waals surface area contributed by atoms with Gasteiger partial charge in [0.2, 0.25) is 0 Å². The third-order valence-corrected chi connectivity index (χ3v) is 1.99. The Morgan fingerprint density at radius 2 is 2.22 bits per heavy atom. The highest BCUT2D eigenvalue weighted by molar-refractivity contribution is 5.85. The predicted octanol–water partition coefficient (Wildman–Crippen LogP) is 0.779. The number of nitrogens with zero attached hydrogens (tertiary/aromatic N) is 1. The number of rotatable bonds is 1. The molecule has 0 aromatic heterocycles. The molecule has 0 aromatic rings. The summed E-state index contributed by atoms with van der Waals surface area (Å²) in [5, 5.41) is 11.2. The summed E-state index contributed by atoms with van der Waals surface area (Å²) in [6.07, 6.45) is 1.04. The lowest BCUT2D eigenvalue weighted by Gasteiger charge is -1.98. The van der Waals surface area contributed by atoms with Gasteiger partial charge in [-0.05, 0) is 11.8 Å². The molecule has 0 heterocycles. The van der Waals surface area contributed by atoms with Gasteiger partial charge in [-0.15, -0.1) is 0 Å². The molecule has 0 spiro atoms. The van der Waals surface area contributed by atoms with Crippen molar-refractivity contribution >= 4 is 5.84 Å². The Kier molecular flexibility index (Phi) is 1.15. The van der Waals surface area contributed by atoms with Gasteiger partial charge in [-0.2, -0.15) is 0 Å². The molecule has 1 saturated carbocycles. The van der Waals surface area contributed by atoms with Crippen molar-refractivity contribution in [2.75, 3.05) is 0 Å². The van der Waals surface area contributed by atoms with Crippen LogP contribution < -0.4 is 5.73 Å². The van der Waals surface area contributed by atoms with Gasteiger partial charge in [0.1, 0.15) is 5.84 Å². The predicted molar refractivity (Wildman–Crippen MR) is 35.3 cm³/mol. The van der Waals surface area contributed by atoms with E-state index in [1.165, 1.54) is 0 Å². The summed E-state index contributed by atoms with van der Waals surface area (Å²) in [6, 6.07) is 0. The molecule has 0 radical (unpaired) electrons. The van der Waals surface area contributed by atoms with E-state index in [0.717, 1.165) is 6.42 Å². The van der Waals surface area contributed by atoms with Gasteiger partial charge < -0.3 is 10.9 Å². The molecule has 0 amide bonds. The second kappa shape index (κ2) is 1.62. The zero-order valence-electron chi connectivity index (χ0n) is 5.76. The molecule has 0 saturated heterocycles. The van der Waals surface area contributed by atoms with Gasteiger partial charge in [-0.25, -0.2) is 0 Å². The van der Waals surface area contributed by atoms with E-state index in [9.17, 15) is 0 Å². The lowest BCUT2D eigenvalue weighted by atomic mass is 10.1. The molecule has 1 aliphatic carbocycles. The Morgan fingerprint density at radius 1 is 1.78 bits per heavy atom. The van der Waals surface area contributed by atoms with Gasteiger partial charge in [0.05, 0.1) is 0 Å². The van der Waals surface area contributed by atoms with Crippen molar-refractivity contribution in [3.63, 3.8) is 0 Å². The molecule has 1 fully saturated rings. The molecule has 52 valence electrons. The molecule has 3 heteroatoms. The van der Waals surface area contributed by atoms with Crippen LogP contribution in [0.2, 0.25) is 0 Å². The average Bonchev–Trinajstić information content (AvgIpc) is 2.38. The van der Waals surface area contributed by atoms with Crippen LogP contribution in [-0.4, -0.2) is 11.0 Å². The maximum atomic E-state index is 8.24. The molecule has 0 unspecified atom stereocenters. The van der Waals surface area contributed by atoms with Crippen LogP contribution >= 0.6 is 0 Å². The highest BCUT2D eigenvalue weighted by Crippen LogP contribution is 2.51. The molecular formula is C6H12N2O. The van der Waals surface area contributed by atoms with E-state index in [1.807, 2.05) is 0 Å². The van der Waals surface area contributed by atoms with Crippen LogP contribution in [0.5, 0.6) is 0 Å². The van der Waals surface area contributed by atoms with Crippen molar-refractivity contribution in [2.24, 2.45) is 22.2 Å². The Hall–Kier alpha value is -0.730. The second-order valence-corrected chi connectivity index (χ2v) is 3.27. The summed E-state index contributed by atoms with van der Waals surface area (Å²) < 4.78 is 0. The van der Waals surface area contributed by atoms with Gasteiger partial charge in [0.25, 0.3) is 0 Å². The van der Waals surface area contributed by atoms with Gasteiger partial charge >= 0.3 is 0 Å². The minimum absolute atomic E-state index is 0.274. The summed E-state index contributed by atoms with van der Waals surface area (Å²) in [6.45, 7) is 4.21. The van der Waals surface area contributed by atoms with Gasteiger partial charge in [0, 0.05) is 5.92 Å². The van der Waals surface area contributed by atoms with Gasteiger partial charge in [-0.3, -0.25) is 0 Å². The van der Waals surface area contributed by atoms with E-state index in [0.29, 0.717) is 11.8 Å².